The fourth-order valence-electron chi connectivity index (χ4n) is 2.26. The standard InChI is InChI=1S/C18H20F2N2O4S/c1-13-3-6-15(7-4-13)26-12-18(23)21-9-10-22(27(2,24)25)14-5-8-16(19)17(20)11-14/h3-8,11H,9-10,12H2,1-2H3,(H,21,23). The zero-order valence-electron chi connectivity index (χ0n) is 14.9. The lowest BCUT2D eigenvalue weighted by atomic mass is 10.2. The van der Waals surface area contributed by atoms with E-state index in [2.05, 4.69) is 5.32 Å². The van der Waals surface area contributed by atoms with Crippen LogP contribution in [0.2, 0.25) is 0 Å². The molecule has 0 saturated carbocycles. The first-order chi connectivity index (χ1) is 12.7. The van der Waals surface area contributed by atoms with Gasteiger partial charge in [0, 0.05) is 12.6 Å². The predicted molar refractivity (Wildman–Crippen MR) is 98.2 cm³/mol. The third-order valence-electron chi connectivity index (χ3n) is 3.62. The fraction of sp³-hybridized carbons (Fsp3) is 0.278. The van der Waals surface area contributed by atoms with Crippen LogP contribution in [0.5, 0.6) is 5.75 Å². The first-order valence-corrected chi connectivity index (χ1v) is 9.90. The third kappa shape index (κ3) is 6.21. The lowest BCUT2D eigenvalue weighted by molar-refractivity contribution is -0.123. The number of benzene rings is 2. The SMILES string of the molecule is Cc1ccc(OCC(=O)NCCN(c2ccc(F)c(F)c2)S(C)(=O)=O)cc1. The molecule has 0 bridgehead atoms. The normalized spacial score (nSPS) is 11.1. The maximum absolute atomic E-state index is 13.4. The van der Waals surface area contributed by atoms with Gasteiger partial charge in [0.25, 0.3) is 5.91 Å². The Labute approximate surface area is 156 Å². The lowest BCUT2D eigenvalue weighted by Crippen LogP contribution is -2.39. The van der Waals surface area contributed by atoms with Crippen LogP contribution >= 0.6 is 0 Å². The van der Waals surface area contributed by atoms with Gasteiger partial charge in [-0.05, 0) is 31.2 Å². The molecule has 0 heterocycles. The summed E-state index contributed by atoms with van der Waals surface area (Å²) in [6.45, 7) is 1.53. The topological polar surface area (TPSA) is 75.7 Å². The second-order valence-corrected chi connectivity index (χ2v) is 7.79. The molecule has 0 fully saturated rings. The number of carbonyl (C=O) groups excluding carboxylic acids is 1. The second kappa shape index (κ2) is 8.81. The molecule has 2 rings (SSSR count). The molecule has 0 unspecified atom stereocenters. The van der Waals surface area contributed by atoms with Crippen molar-refractivity contribution in [3.05, 3.63) is 59.7 Å². The van der Waals surface area contributed by atoms with E-state index in [1.165, 1.54) is 0 Å². The minimum atomic E-state index is -3.74. The van der Waals surface area contributed by atoms with E-state index in [0.29, 0.717) is 5.75 Å². The van der Waals surface area contributed by atoms with Crippen LogP contribution in [0.3, 0.4) is 0 Å². The molecular formula is C18H20F2N2O4S. The summed E-state index contributed by atoms with van der Waals surface area (Å²) in [5.74, 6) is -2.13. The Morgan fingerprint density at radius 1 is 1.11 bits per heavy atom. The zero-order chi connectivity index (χ0) is 20.0. The van der Waals surface area contributed by atoms with Gasteiger partial charge >= 0.3 is 0 Å². The van der Waals surface area contributed by atoms with Crippen molar-refractivity contribution in [2.24, 2.45) is 0 Å². The van der Waals surface area contributed by atoms with Gasteiger partial charge in [-0.1, -0.05) is 17.7 Å². The molecule has 2 aromatic carbocycles. The number of hydrogen-bond acceptors (Lipinski definition) is 4. The van der Waals surface area contributed by atoms with Crippen LogP contribution < -0.4 is 14.4 Å². The molecule has 1 amide bonds. The summed E-state index contributed by atoms with van der Waals surface area (Å²) < 4.78 is 56.5. The van der Waals surface area contributed by atoms with E-state index >= 15 is 0 Å². The minimum Gasteiger partial charge on any atom is -0.484 e. The Morgan fingerprint density at radius 3 is 2.37 bits per heavy atom. The average Bonchev–Trinajstić information content (AvgIpc) is 2.60. The number of aryl methyl sites for hydroxylation is 1. The predicted octanol–water partition coefficient (Wildman–Crippen LogP) is 2.23. The highest BCUT2D eigenvalue weighted by Gasteiger charge is 2.19. The molecule has 0 radical (unpaired) electrons. The lowest BCUT2D eigenvalue weighted by Gasteiger charge is -2.22. The largest absolute Gasteiger partial charge is 0.484 e. The van der Waals surface area contributed by atoms with E-state index in [0.717, 1.165) is 34.3 Å². The van der Waals surface area contributed by atoms with Gasteiger partial charge in [-0.25, -0.2) is 17.2 Å². The Balaban J connectivity index is 1.90. The number of nitrogens with zero attached hydrogens (tertiary/aromatic N) is 1. The van der Waals surface area contributed by atoms with Crippen LogP contribution in [0, 0.1) is 18.6 Å². The monoisotopic (exact) mass is 398 g/mol. The molecule has 0 aliphatic carbocycles. The Bertz CT molecular complexity index is 902. The molecule has 2 aromatic rings. The smallest absolute Gasteiger partial charge is 0.258 e. The maximum Gasteiger partial charge on any atom is 0.258 e. The summed E-state index contributed by atoms with van der Waals surface area (Å²) in [6.07, 6.45) is 0.941. The van der Waals surface area contributed by atoms with Crippen LogP contribution in [0.4, 0.5) is 14.5 Å². The number of hydrogen-bond donors (Lipinski definition) is 1. The highest BCUT2D eigenvalue weighted by atomic mass is 32.2. The van der Waals surface area contributed by atoms with Gasteiger partial charge in [-0.3, -0.25) is 9.10 Å². The molecule has 0 aromatic heterocycles. The summed E-state index contributed by atoms with van der Waals surface area (Å²) in [5.41, 5.74) is 1.03. The van der Waals surface area contributed by atoms with E-state index < -0.39 is 27.6 Å². The van der Waals surface area contributed by atoms with Crippen LogP contribution in [0.25, 0.3) is 0 Å². The van der Waals surface area contributed by atoms with E-state index in [1.807, 2.05) is 19.1 Å². The van der Waals surface area contributed by atoms with E-state index in [-0.39, 0.29) is 25.4 Å². The Kier molecular flexibility index (Phi) is 6.73. The first kappa shape index (κ1) is 20.6. The molecule has 0 spiro atoms. The number of halogens is 2. The van der Waals surface area contributed by atoms with Gasteiger partial charge in [0.15, 0.2) is 18.2 Å². The fourth-order valence-corrected chi connectivity index (χ4v) is 3.18. The quantitative estimate of drug-likeness (QED) is 0.740. The maximum atomic E-state index is 13.4. The van der Waals surface area contributed by atoms with Crippen molar-refractivity contribution in [1.29, 1.82) is 0 Å². The van der Waals surface area contributed by atoms with Crippen molar-refractivity contribution in [2.75, 3.05) is 30.3 Å². The summed E-state index contributed by atoms with van der Waals surface area (Å²) >= 11 is 0. The molecule has 0 aliphatic heterocycles. The molecule has 0 atom stereocenters. The number of rotatable bonds is 8. The summed E-state index contributed by atoms with van der Waals surface area (Å²) in [7, 11) is -3.74. The summed E-state index contributed by atoms with van der Waals surface area (Å²) in [5, 5.41) is 2.52. The molecule has 0 saturated heterocycles. The molecular weight excluding hydrogens is 378 g/mol. The van der Waals surface area contributed by atoms with Gasteiger partial charge in [0.1, 0.15) is 5.75 Å². The van der Waals surface area contributed by atoms with Gasteiger partial charge in [0.2, 0.25) is 10.0 Å². The van der Waals surface area contributed by atoms with Crippen molar-refractivity contribution in [1.82, 2.24) is 5.32 Å². The number of carbonyl (C=O) groups is 1. The van der Waals surface area contributed by atoms with Crippen LogP contribution in [-0.4, -0.2) is 40.3 Å². The van der Waals surface area contributed by atoms with Gasteiger partial charge < -0.3 is 10.1 Å². The number of ether oxygens (including phenoxy) is 1. The van der Waals surface area contributed by atoms with Crippen LogP contribution in [0.1, 0.15) is 5.56 Å². The Morgan fingerprint density at radius 2 is 1.78 bits per heavy atom. The number of sulfonamides is 1. The summed E-state index contributed by atoms with van der Waals surface area (Å²) in [4.78, 5) is 11.8. The van der Waals surface area contributed by atoms with Crippen molar-refractivity contribution in [2.45, 2.75) is 6.92 Å². The minimum absolute atomic E-state index is 0.0256. The highest BCUT2D eigenvalue weighted by Crippen LogP contribution is 2.20. The van der Waals surface area contributed by atoms with Crippen LogP contribution in [-0.2, 0) is 14.8 Å². The molecule has 9 heteroatoms. The molecule has 27 heavy (non-hydrogen) atoms. The van der Waals surface area contributed by atoms with Crippen LogP contribution in [0.15, 0.2) is 42.5 Å². The third-order valence-corrected chi connectivity index (χ3v) is 4.81. The first-order valence-electron chi connectivity index (χ1n) is 8.06. The van der Waals surface area contributed by atoms with Gasteiger partial charge in [-0.15, -0.1) is 0 Å². The second-order valence-electron chi connectivity index (χ2n) is 5.89. The molecule has 0 aliphatic rings. The Hall–Kier alpha value is -2.68. The van der Waals surface area contributed by atoms with E-state index in [1.54, 1.807) is 12.1 Å². The van der Waals surface area contributed by atoms with Crippen molar-refractivity contribution in [3.8, 4) is 5.75 Å². The van der Waals surface area contributed by atoms with Crippen molar-refractivity contribution < 1.29 is 26.7 Å². The zero-order valence-corrected chi connectivity index (χ0v) is 15.7. The summed E-state index contributed by atoms with van der Waals surface area (Å²) in [6, 6.07) is 9.95. The molecule has 6 nitrogen and oxygen atoms in total. The molecule has 146 valence electrons. The highest BCUT2D eigenvalue weighted by molar-refractivity contribution is 7.92. The number of anilines is 1. The van der Waals surface area contributed by atoms with Gasteiger partial charge in [-0.2, -0.15) is 0 Å². The van der Waals surface area contributed by atoms with E-state index in [4.69, 9.17) is 4.74 Å². The van der Waals surface area contributed by atoms with E-state index in [9.17, 15) is 22.0 Å². The van der Waals surface area contributed by atoms with Gasteiger partial charge in [0.05, 0.1) is 18.5 Å². The number of nitrogens with one attached hydrogen (secondary N) is 1. The number of amides is 1. The average molecular weight is 398 g/mol. The molecule has 1 N–H and O–H groups in total. The van der Waals surface area contributed by atoms with Crippen molar-refractivity contribution >= 4 is 21.6 Å². The van der Waals surface area contributed by atoms with Crippen molar-refractivity contribution in [3.63, 3.8) is 0 Å².